The molecule has 0 radical (unpaired) electrons. The molecular formula is C10H18O2. The van der Waals surface area contributed by atoms with E-state index >= 15 is 0 Å². The number of hydrogen-bond acceptors (Lipinski definition) is 2. The van der Waals surface area contributed by atoms with Crippen LogP contribution in [-0.2, 0) is 9.47 Å². The lowest BCUT2D eigenvalue weighted by molar-refractivity contribution is -0.0174. The zero-order valence-electron chi connectivity index (χ0n) is 7.95. The van der Waals surface area contributed by atoms with Crippen LogP contribution in [0, 0.1) is 5.92 Å². The van der Waals surface area contributed by atoms with Crippen LogP contribution in [0.25, 0.3) is 0 Å². The zero-order valence-corrected chi connectivity index (χ0v) is 7.95. The van der Waals surface area contributed by atoms with Crippen molar-refractivity contribution in [1.82, 2.24) is 0 Å². The molecule has 2 aliphatic rings. The van der Waals surface area contributed by atoms with E-state index in [2.05, 4.69) is 13.8 Å². The third-order valence-electron chi connectivity index (χ3n) is 2.92. The summed E-state index contributed by atoms with van der Waals surface area (Å²) >= 11 is 0. The Balaban J connectivity index is 1.91. The maximum absolute atomic E-state index is 5.85. The Hall–Kier alpha value is -0.0800. The largest absolute Gasteiger partial charge is 0.378 e. The van der Waals surface area contributed by atoms with E-state index in [0.717, 1.165) is 6.61 Å². The summed E-state index contributed by atoms with van der Waals surface area (Å²) in [5.41, 5.74) is 0. The molecule has 2 unspecified atom stereocenters. The van der Waals surface area contributed by atoms with E-state index in [9.17, 15) is 0 Å². The van der Waals surface area contributed by atoms with Gasteiger partial charge in [-0.3, -0.25) is 0 Å². The van der Waals surface area contributed by atoms with E-state index in [0.29, 0.717) is 24.2 Å². The summed E-state index contributed by atoms with van der Waals surface area (Å²) in [5, 5.41) is 0. The smallest absolute Gasteiger partial charge is 0.0633 e. The topological polar surface area (TPSA) is 18.5 Å². The summed E-state index contributed by atoms with van der Waals surface area (Å²) in [6.45, 7) is 5.18. The van der Waals surface area contributed by atoms with E-state index in [1.54, 1.807) is 0 Å². The number of fused-ring (bicyclic) bond motifs is 1. The lowest BCUT2D eigenvalue weighted by Crippen LogP contribution is -2.24. The predicted octanol–water partition coefficient (Wildman–Crippen LogP) is 1.98. The molecule has 70 valence electrons. The van der Waals surface area contributed by atoms with Gasteiger partial charge in [0.15, 0.2) is 0 Å². The first kappa shape index (κ1) is 8.52. The summed E-state index contributed by atoms with van der Waals surface area (Å²) in [6.07, 6.45) is 5.00. The average molecular weight is 170 g/mol. The maximum atomic E-state index is 5.85. The van der Waals surface area contributed by atoms with Gasteiger partial charge in [-0.15, -0.1) is 0 Å². The summed E-state index contributed by atoms with van der Waals surface area (Å²) in [7, 11) is 0. The molecule has 12 heavy (non-hydrogen) atoms. The van der Waals surface area contributed by atoms with Crippen LogP contribution in [0.4, 0.5) is 0 Å². The van der Waals surface area contributed by atoms with Crippen molar-refractivity contribution in [1.29, 1.82) is 0 Å². The highest BCUT2D eigenvalue weighted by molar-refractivity contribution is 4.90. The van der Waals surface area contributed by atoms with Crippen LogP contribution in [0.1, 0.15) is 33.1 Å². The van der Waals surface area contributed by atoms with Crippen molar-refractivity contribution in [2.75, 3.05) is 6.61 Å². The standard InChI is InChI=1S/C10H18O2/c1-7(2)12-10-4-3-9-8(10)5-6-11-9/h7-10H,3-6H2,1-2H3/t8?,9?,10-/m0/s1. The Kier molecular flexibility index (Phi) is 2.37. The molecule has 2 heteroatoms. The van der Waals surface area contributed by atoms with Gasteiger partial charge in [0.25, 0.3) is 0 Å². The molecule has 0 N–H and O–H groups in total. The minimum atomic E-state index is 0.370. The second-order valence-electron chi connectivity index (χ2n) is 4.16. The molecule has 0 amide bonds. The van der Waals surface area contributed by atoms with Crippen LogP contribution >= 0.6 is 0 Å². The minimum Gasteiger partial charge on any atom is -0.378 e. The van der Waals surface area contributed by atoms with Crippen molar-refractivity contribution in [3.05, 3.63) is 0 Å². The molecule has 1 saturated carbocycles. The molecule has 1 aliphatic heterocycles. The van der Waals surface area contributed by atoms with Crippen LogP contribution in [0.3, 0.4) is 0 Å². The summed E-state index contributed by atoms with van der Waals surface area (Å²) in [4.78, 5) is 0. The van der Waals surface area contributed by atoms with Gasteiger partial charge in [0.05, 0.1) is 18.3 Å². The lowest BCUT2D eigenvalue weighted by atomic mass is 10.0. The van der Waals surface area contributed by atoms with E-state index in [-0.39, 0.29) is 0 Å². The SMILES string of the molecule is CC(C)O[C@H]1CCC2OCCC21. The van der Waals surface area contributed by atoms with E-state index in [1.165, 1.54) is 19.3 Å². The molecule has 2 rings (SSSR count). The number of rotatable bonds is 2. The fourth-order valence-corrected chi connectivity index (χ4v) is 2.45. The Bertz CT molecular complexity index is 156. The first-order chi connectivity index (χ1) is 5.77. The predicted molar refractivity (Wildman–Crippen MR) is 47.1 cm³/mol. The summed E-state index contributed by atoms with van der Waals surface area (Å²) in [5.74, 6) is 0.701. The van der Waals surface area contributed by atoms with Gasteiger partial charge in [-0.1, -0.05) is 0 Å². The van der Waals surface area contributed by atoms with Crippen molar-refractivity contribution in [3.63, 3.8) is 0 Å². The van der Waals surface area contributed by atoms with Crippen molar-refractivity contribution >= 4 is 0 Å². The first-order valence-electron chi connectivity index (χ1n) is 5.04. The normalized spacial score (nSPS) is 40.8. The second kappa shape index (κ2) is 3.35. The molecular weight excluding hydrogens is 152 g/mol. The Morgan fingerprint density at radius 1 is 1.25 bits per heavy atom. The monoisotopic (exact) mass is 170 g/mol. The van der Waals surface area contributed by atoms with Gasteiger partial charge in [0.1, 0.15) is 0 Å². The molecule has 0 aromatic heterocycles. The minimum absolute atomic E-state index is 0.370. The van der Waals surface area contributed by atoms with Crippen LogP contribution in [0.15, 0.2) is 0 Å². The molecule has 0 aromatic carbocycles. The molecule has 1 aliphatic carbocycles. The van der Waals surface area contributed by atoms with Gasteiger partial charge in [-0.05, 0) is 33.1 Å². The molecule has 1 heterocycles. The fourth-order valence-electron chi connectivity index (χ4n) is 2.45. The quantitative estimate of drug-likeness (QED) is 0.631. The summed E-state index contributed by atoms with van der Waals surface area (Å²) in [6, 6.07) is 0. The maximum Gasteiger partial charge on any atom is 0.0633 e. The van der Waals surface area contributed by atoms with Gasteiger partial charge in [0, 0.05) is 12.5 Å². The lowest BCUT2D eigenvalue weighted by Gasteiger charge is -2.20. The van der Waals surface area contributed by atoms with Crippen molar-refractivity contribution in [2.24, 2.45) is 5.92 Å². The van der Waals surface area contributed by atoms with Gasteiger partial charge >= 0.3 is 0 Å². The van der Waals surface area contributed by atoms with Crippen molar-refractivity contribution < 1.29 is 9.47 Å². The molecule has 0 aromatic rings. The van der Waals surface area contributed by atoms with E-state index < -0.39 is 0 Å². The zero-order chi connectivity index (χ0) is 8.55. The van der Waals surface area contributed by atoms with Crippen molar-refractivity contribution in [2.45, 2.75) is 51.4 Å². The summed E-state index contributed by atoms with van der Waals surface area (Å²) < 4.78 is 11.5. The highest BCUT2D eigenvalue weighted by Crippen LogP contribution is 2.38. The molecule has 3 atom stereocenters. The van der Waals surface area contributed by atoms with Crippen LogP contribution in [0.5, 0.6) is 0 Å². The third-order valence-corrected chi connectivity index (χ3v) is 2.92. The number of ether oxygens (including phenoxy) is 2. The molecule has 1 saturated heterocycles. The number of hydrogen-bond donors (Lipinski definition) is 0. The van der Waals surface area contributed by atoms with Crippen LogP contribution < -0.4 is 0 Å². The Labute approximate surface area is 74.2 Å². The van der Waals surface area contributed by atoms with E-state index in [1.807, 2.05) is 0 Å². The van der Waals surface area contributed by atoms with Gasteiger partial charge in [-0.2, -0.15) is 0 Å². The highest BCUT2D eigenvalue weighted by atomic mass is 16.5. The second-order valence-corrected chi connectivity index (χ2v) is 4.16. The average Bonchev–Trinajstić information content (AvgIpc) is 2.52. The molecule has 2 nitrogen and oxygen atoms in total. The van der Waals surface area contributed by atoms with Crippen LogP contribution in [-0.4, -0.2) is 24.9 Å². The molecule has 2 fully saturated rings. The van der Waals surface area contributed by atoms with E-state index in [4.69, 9.17) is 9.47 Å². The van der Waals surface area contributed by atoms with Gasteiger partial charge in [-0.25, -0.2) is 0 Å². The fraction of sp³-hybridized carbons (Fsp3) is 1.00. The first-order valence-corrected chi connectivity index (χ1v) is 5.04. The Morgan fingerprint density at radius 2 is 2.08 bits per heavy atom. The Morgan fingerprint density at radius 3 is 2.83 bits per heavy atom. The van der Waals surface area contributed by atoms with Crippen molar-refractivity contribution in [3.8, 4) is 0 Å². The molecule has 0 spiro atoms. The van der Waals surface area contributed by atoms with Gasteiger partial charge in [0.2, 0.25) is 0 Å². The van der Waals surface area contributed by atoms with Gasteiger partial charge < -0.3 is 9.47 Å². The van der Waals surface area contributed by atoms with Crippen LogP contribution in [0.2, 0.25) is 0 Å². The highest BCUT2D eigenvalue weighted by Gasteiger charge is 2.41. The molecule has 0 bridgehead atoms. The third kappa shape index (κ3) is 1.50.